The summed E-state index contributed by atoms with van der Waals surface area (Å²) in [6.07, 6.45) is 4.24. The fraction of sp³-hybridized carbons (Fsp3) is 0.368. The van der Waals surface area contributed by atoms with Crippen LogP contribution in [0.3, 0.4) is 0 Å². The standard InChI is InChI=1S/C19H18BrNO2/c1-9(2)15-12-6-7-13(15)17-16(12)18(22)21(19(17)23)11-5-4-10(3)14(20)8-11/h4-8,12-13,16-17H,1-3H3/t12-,13-,16-,17-/m0/s1. The van der Waals surface area contributed by atoms with E-state index in [2.05, 4.69) is 41.9 Å². The Kier molecular flexibility index (Phi) is 3.17. The van der Waals surface area contributed by atoms with E-state index < -0.39 is 0 Å². The first-order valence-corrected chi connectivity index (χ1v) is 8.70. The molecular weight excluding hydrogens is 354 g/mol. The van der Waals surface area contributed by atoms with E-state index in [0.29, 0.717) is 5.69 Å². The van der Waals surface area contributed by atoms with Crippen molar-refractivity contribution in [1.29, 1.82) is 0 Å². The van der Waals surface area contributed by atoms with Crippen LogP contribution in [0, 0.1) is 30.6 Å². The fourth-order valence-electron chi connectivity index (χ4n) is 4.41. The first-order chi connectivity index (χ1) is 10.9. The first-order valence-electron chi connectivity index (χ1n) is 7.91. The zero-order valence-electron chi connectivity index (χ0n) is 13.3. The SMILES string of the molecule is CC(C)=C1[C@@H]2C=C[C@@H]1[C@@H]1C(=O)N(c3ccc(C)c(Br)c3)C(=O)[C@H]12. The predicted octanol–water partition coefficient (Wildman–Crippen LogP) is 4.02. The van der Waals surface area contributed by atoms with Crippen LogP contribution in [0.2, 0.25) is 0 Å². The molecule has 3 nitrogen and oxygen atoms in total. The minimum atomic E-state index is -0.220. The highest BCUT2D eigenvalue weighted by Crippen LogP contribution is 2.57. The van der Waals surface area contributed by atoms with Gasteiger partial charge in [-0.25, -0.2) is 4.90 Å². The van der Waals surface area contributed by atoms with Gasteiger partial charge in [0, 0.05) is 16.3 Å². The van der Waals surface area contributed by atoms with Crippen LogP contribution in [0.1, 0.15) is 19.4 Å². The van der Waals surface area contributed by atoms with Crippen LogP contribution < -0.4 is 4.90 Å². The Bertz CT molecular complexity index is 770. The van der Waals surface area contributed by atoms with Gasteiger partial charge in [0.2, 0.25) is 11.8 Å². The van der Waals surface area contributed by atoms with Crippen molar-refractivity contribution in [3.05, 3.63) is 51.5 Å². The summed E-state index contributed by atoms with van der Waals surface area (Å²) in [4.78, 5) is 27.4. The number of carbonyl (C=O) groups is 2. The van der Waals surface area contributed by atoms with Gasteiger partial charge >= 0.3 is 0 Å². The van der Waals surface area contributed by atoms with E-state index in [1.807, 2.05) is 25.1 Å². The average Bonchev–Trinajstić information content (AvgIpc) is 3.13. The Morgan fingerprint density at radius 3 is 2.09 bits per heavy atom. The largest absolute Gasteiger partial charge is 0.274 e. The molecule has 1 aromatic carbocycles. The van der Waals surface area contributed by atoms with E-state index in [1.54, 1.807) is 0 Å². The van der Waals surface area contributed by atoms with Crippen molar-refractivity contribution in [1.82, 2.24) is 0 Å². The first kappa shape index (κ1) is 14.9. The molecule has 0 radical (unpaired) electrons. The molecule has 0 unspecified atom stereocenters. The quantitative estimate of drug-likeness (QED) is 0.552. The van der Waals surface area contributed by atoms with E-state index in [0.717, 1.165) is 10.0 Å². The summed E-state index contributed by atoms with van der Waals surface area (Å²) in [7, 11) is 0. The van der Waals surface area contributed by atoms with Gasteiger partial charge in [-0.05, 0) is 38.5 Å². The van der Waals surface area contributed by atoms with Gasteiger partial charge < -0.3 is 0 Å². The van der Waals surface area contributed by atoms with Gasteiger partial charge in [0.1, 0.15) is 0 Å². The van der Waals surface area contributed by atoms with Crippen LogP contribution in [-0.2, 0) is 9.59 Å². The molecule has 4 rings (SSSR count). The lowest BCUT2D eigenvalue weighted by Gasteiger charge is -2.19. The number of hydrogen-bond acceptors (Lipinski definition) is 2. The van der Waals surface area contributed by atoms with E-state index in [9.17, 15) is 9.59 Å². The summed E-state index contributed by atoms with van der Waals surface area (Å²) in [6, 6.07) is 5.65. The molecule has 0 N–H and O–H groups in total. The number of amides is 2. The number of allylic oxidation sites excluding steroid dienone is 4. The van der Waals surface area contributed by atoms with Gasteiger partial charge in [-0.3, -0.25) is 9.59 Å². The maximum atomic E-state index is 13.0. The molecule has 0 spiro atoms. The van der Waals surface area contributed by atoms with Crippen molar-refractivity contribution in [3.8, 4) is 0 Å². The van der Waals surface area contributed by atoms with Crippen molar-refractivity contribution in [2.75, 3.05) is 4.90 Å². The smallest absolute Gasteiger partial charge is 0.238 e. The fourth-order valence-corrected chi connectivity index (χ4v) is 4.77. The molecule has 4 atom stereocenters. The second kappa shape index (κ2) is 4.91. The Balaban J connectivity index is 1.77. The van der Waals surface area contributed by atoms with Crippen LogP contribution in [0.4, 0.5) is 5.69 Å². The number of aryl methyl sites for hydroxylation is 1. The molecule has 3 aliphatic rings. The van der Waals surface area contributed by atoms with Gasteiger partial charge in [0.25, 0.3) is 0 Å². The Labute approximate surface area is 144 Å². The highest BCUT2D eigenvalue weighted by Gasteiger charge is 2.61. The third-order valence-corrected chi connectivity index (χ3v) is 6.26. The van der Waals surface area contributed by atoms with E-state index in [1.165, 1.54) is 16.0 Å². The third kappa shape index (κ3) is 1.87. The molecule has 1 saturated heterocycles. The van der Waals surface area contributed by atoms with Crippen LogP contribution in [0.5, 0.6) is 0 Å². The highest BCUT2D eigenvalue weighted by molar-refractivity contribution is 9.10. The molecule has 2 bridgehead atoms. The molecule has 118 valence electrons. The van der Waals surface area contributed by atoms with Gasteiger partial charge in [-0.15, -0.1) is 0 Å². The summed E-state index contributed by atoms with van der Waals surface area (Å²) in [6.45, 7) is 6.14. The molecule has 1 saturated carbocycles. The van der Waals surface area contributed by atoms with Crippen LogP contribution >= 0.6 is 15.9 Å². The number of nitrogens with zero attached hydrogens (tertiary/aromatic N) is 1. The number of halogens is 1. The topological polar surface area (TPSA) is 37.4 Å². The molecule has 0 aromatic heterocycles. The second-order valence-electron chi connectivity index (χ2n) is 6.89. The second-order valence-corrected chi connectivity index (χ2v) is 7.74. The summed E-state index contributed by atoms with van der Waals surface area (Å²) in [5.41, 5.74) is 4.28. The third-order valence-electron chi connectivity index (χ3n) is 5.41. The predicted molar refractivity (Wildman–Crippen MR) is 92.8 cm³/mol. The van der Waals surface area contributed by atoms with Gasteiger partial charge in [0.05, 0.1) is 17.5 Å². The number of hydrogen-bond donors (Lipinski definition) is 0. The summed E-state index contributed by atoms with van der Waals surface area (Å²) in [5.74, 6) is -0.335. The van der Waals surface area contributed by atoms with Gasteiger partial charge in [0.15, 0.2) is 0 Å². The minimum Gasteiger partial charge on any atom is -0.274 e. The zero-order chi connectivity index (χ0) is 16.5. The van der Waals surface area contributed by atoms with Crippen LogP contribution in [0.25, 0.3) is 0 Å². The average molecular weight is 372 g/mol. The van der Waals surface area contributed by atoms with Crippen molar-refractivity contribution in [2.45, 2.75) is 20.8 Å². The molecule has 2 amide bonds. The maximum absolute atomic E-state index is 13.0. The number of anilines is 1. The van der Waals surface area contributed by atoms with Crippen molar-refractivity contribution < 1.29 is 9.59 Å². The lowest BCUT2D eigenvalue weighted by Crippen LogP contribution is -2.33. The number of carbonyl (C=O) groups excluding carboxylic acids is 2. The lowest BCUT2D eigenvalue weighted by atomic mass is 9.85. The molecule has 1 aliphatic heterocycles. The van der Waals surface area contributed by atoms with E-state index in [-0.39, 0.29) is 35.5 Å². The highest BCUT2D eigenvalue weighted by atomic mass is 79.9. The zero-order valence-corrected chi connectivity index (χ0v) is 14.9. The molecular formula is C19H18BrNO2. The minimum absolute atomic E-state index is 0.0497. The van der Waals surface area contributed by atoms with Crippen molar-refractivity contribution in [3.63, 3.8) is 0 Å². The summed E-state index contributed by atoms with van der Waals surface area (Å²) in [5, 5.41) is 0. The van der Waals surface area contributed by atoms with Crippen molar-refractivity contribution >= 4 is 33.4 Å². The number of fused-ring (bicyclic) bond motifs is 5. The van der Waals surface area contributed by atoms with E-state index >= 15 is 0 Å². The molecule has 1 aromatic rings. The summed E-state index contributed by atoms with van der Waals surface area (Å²) < 4.78 is 0.916. The Morgan fingerprint density at radius 1 is 1.04 bits per heavy atom. The normalized spacial score (nSPS) is 31.3. The molecule has 23 heavy (non-hydrogen) atoms. The Hall–Kier alpha value is -1.68. The number of benzene rings is 1. The molecule has 2 fully saturated rings. The molecule has 2 aliphatic carbocycles. The number of rotatable bonds is 1. The van der Waals surface area contributed by atoms with E-state index in [4.69, 9.17) is 0 Å². The van der Waals surface area contributed by atoms with Gasteiger partial charge in [-0.2, -0.15) is 0 Å². The maximum Gasteiger partial charge on any atom is 0.238 e. The summed E-state index contributed by atoms with van der Waals surface area (Å²) >= 11 is 3.49. The number of imide groups is 1. The molecule has 1 heterocycles. The monoisotopic (exact) mass is 371 g/mol. The van der Waals surface area contributed by atoms with Crippen molar-refractivity contribution in [2.24, 2.45) is 23.7 Å². The lowest BCUT2D eigenvalue weighted by molar-refractivity contribution is -0.122. The molecule has 4 heteroatoms. The van der Waals surface area contributed by atoms with Gasteiger partial charge in [-0.1, -0.05) is 45.3 Å². The van der Waals surface area contributed by atoms with Crippen LogP contribution in [0.15, 0.2) is 46.0 Å². The Morgan fingerprint density at radius 2 is 1.61 bits per heavy atom. The van der Waals surface area contributed by atoms with Crippen LogP contribution in [-0.4, -0.2) is 11.8 Å².